The lowest BCUT2D eigenvalue weighted by molar-refractivity contribution is -0.209. The molecule has 0 atom stereocenters. The lowest BCUT2D eigenvalue weighted by Crippen LogP contribution is -2.29. The second kappa shape index (κ2) is 11.5. The minimum absolute atomic E-state index is 0.0519. The topological polar surface area (TPSA) is 58.9 Å². The van der Waals surface area contributed by atoms with Crippen molar-refractivity contribution in [1.82, 2.24) is 0 Å². The maximum absolute atomic E-state index is 13.6. The minimum atomic E-state index is -1.69. The Morgan fingerprint density at radius 2 is 1.64 bits per heavy atom. The Kier molecular flexibility index (Phi) is 9.87. The fourth-order valence-electron chi connectivity index (χ4n) is 2.15. The molecule has 22 heavy (non-hydrogen) atoms. The zero-order valence-electron chi connectivity index (χ0n) is 13.3. The summed E-state index contributed by atoms with van der Waals surface area (Å²) >= 11 is 0. The van der Waals surface area contributed by atoms with E-state index in [9.17, 15) is 4.39 Å². The van der Waals surface area contributed by atoms with Gasteiger partial charge in [0.15, 0.2) is 5.82 Å². The highest BCUT2D eigenvalue weighted by Gasteiger charge is 2.14. The van der Waals surface area contributed by atoms with Crippen molar-refractivity contribution in [2.45, 2.75) is 58.3 Å². The van der Waals surface area contributed by atoms with Crippen molar-refractivity contribution < 1.29 is 24.2 Å². The Morgan fingerprint density at radius 1 is 1.00 bits per heavy atom. The molecule has 4 nitrogen and oxygen atoms in total. The third-order valence-corrected chi connectivity index (χ3v) is 3.48. The first kappa shape index (κ1) is 18.9. The highest BCUT2D eigenvalue weighted by atomic mass is 19.1. The van der Waals surface area contributed by atoms with E-state index in [1.165, 1.54) is 50.7 Å². The van der Waals surface area contributed by atoms with Gasteiger partial charge < -0.3 is 14.9 Å². The average molecular weight is 312 g/mol. The monoisotopic (exact) mass is 312 g/mol. The van der Waals surface area contributed by atoms with E-state index in [1.807, 2.05) is 0 Å². The second-order valence-corrected chi connectivity index (χ2v) is 5.44. The molecule has 1 aromatic rings. The fourth-order valence-corrected chi connectivity index (χ4v) is 2.15. The van der Waals surface area contributed by atoms with Gasteiger partial charge in [-0.3, -0.25) is 0 Å². The molecular formula is C16H26BFO4. The van der Waals surface area contributed by atoms with Gasteiger partial charge in [-0.15, -0.1) is 0 Å². The largest absolute Gasteiger partial charge is 0.488 e. The molecule has 0 fully saturated rings. The van der Waals surface area contributed by atoms with Gasteiger partial charge >= 0.3 is 7.12 Å². The molecule has 0 aliphatic heterocycles. The molecule has 0 amide bonds. The standard InChI is InChI=1S/C16H26BFO4/c1-2-3-4-5-6-7-8-9-12-21-22-16-11-10-14(17(19)20)13-15(16)18/h10-11,13,19-20H,2-9,12H2,1H3. The predicted octanol–water partition coefficient (Wildman–Crippen LogP) is 2.96. The van der Waals surface area contributed by atoms with Crippen molar-refractivity contribution in [3.05, 3.63) is 24.0 Å². The van der Waals surface area contributed by atoms with Crippen molar-refractivity contribution in [3.8, 4) is 5.75 Å². The van der Waals surface area contributed by atoms with Gasteiger partial charge in [0.05, 0.1) is 6.61 Å². The predicted molar refractivity (Wildman–Crippen MR) is 85.4 cm³/mol. The van der Waals surface area contributed by atoms with Crippen LogP contribution in [0.3, 0.4) is 0 Å². The molecule has 2 N–H and O–H groups in total. The van der Waals surface area contributed by atoms with Crippen molar-refractivity contribution >= 4 is 12.6 Å². The van der Waals surface area contributed by atoms with Crippen LogP contribution in [0.25, 0.3) is 0 Å². The number of hydrogen-bond donors (Lipinski definition) is 2. The Bertz CT molecular complexity index is 415. The van der Waals surface area contributed by atoms with Crippen LogP contribution in [0, 0.1) is 5.82 Å². The molecule has 0 heterocycles. The van der Waals surface area contributed by atoms with E-state index in [1.54, 1.807) is 0 Å². The summed E-state index contributed by atoms with van der Waals surface area (Å²) in [5.74, 6) is -0.731. The normalized spacial score (nSPS) is 10.7. The zero-order chi connectivity index (χ0) is 16.2. The van der Waals surface area contributed by atoms with Crippen LogP contribution < -0.4 is 10.4 Å². The number of benzene rings is 1. The molecule has 124 valence electrons. The number of halogens is 1. The zero-order valence-corrected chi connectivity index (χ0v) is 13.3. The van der Waals surface area contributed by atoms with E-state index in [-0.39, 0.29) is 11.2 Å². The Balaban J connectivity index is 2.07. The van der Waals surface area contributed by atoms with Crippen LogP contribution >= 0.6 is 0 Å². The van der Waals surface area contributed by atoms with Crippen LogP contribution in [0.5, 0.6) is 5.75 Å². The second-order valence-electron chi connectivity index (χ2n) is 5.44. The molecule has 0 radical (unpaired) electrons. The van der Waals surface area contributed by atoms with Gasteiger partial charge in [-0.2, -0.15) is 4.89 Å². The highest BCUT2D eigenvalue weighted by molar-refractivity contribution is 6.58. The highest BCUT2D eigenvalue weighted by Crippen LogP contribution is 2.15. The van der Waals surface area contributed by atoms with E-state index in [4.69, 9.17) is 19.8 Å². The molecule has 1 aromatic carbocycles. The molecule has 0 spiro atoms. The number of unbranched alkanes of at least 4 members (excludes halogenated alkanes) is 7. The van der Waals surface area contributed by atoms with Crippen LogP contribution in [0.4, 0.5) is 4.39 Å². The summed E-state index contributed by atoms with van der Waals surface area (Å²) in [6, 6.07) is 3.71. The van der Waals surface area contributed by atoms with Crippen LogP contribution in [0.15, 0.2) is 18.2 Å². The average Bonchev–Trinajstić information content (AvgIpc) is 2.50. The molecule has 0 aromatic heterocycles. The quantitative estimate of drug-likeness (QED) is 0.270. The van der Waals surface area contributed by atoms with Gasteiger partial charge in [-0.1, -0.05) is 57.9 Å². The van der Waals surface area contributed by atoms with E-state index in [0.29, 0.717) is 6.61 Å². The molecule has 0 aliphatic rings. The van der Waals surface area contributed by atoms with Gasteiger partial charge in [-0.05, 0) is 24.0 Å². The van der Waals surface area contributed by atoms with Crippen LogP contribution in [0.1, 0.15) is 58.3 Å². The van der Waals surface area contributed by atoms with Crippen LogP contribution in [0.2, 0.25) is 0 Å². The lowest BCUT2D eigenvalue weighted by Gasteiger charge is -2.07. The Labute approximate surface area is 132 Å². The summed E-state index contributed by atoms with van der Waals surface area (Å²) in [4.78, 5) is 9.87. The first-order valence-corrected chi connectivity index (χ1v) is 8.10. The Morgan fingerprint density at radius 3 is 2.23 bits per heavy atom. The SMILES string of the molecule is CCCCCCCCCCOOc1ccc(B(O)O)cc1F. The molecular weight excluding hydrogens is 286 g/mol. The van der Waals surface area contributed by atoms with E-state index >= 15 is 0 Å². The van der Waals surface area contributed by atoms with Crippen LogP contribution in [-0.2, 0) is 4.89 Å². The Hall–Kier alpha value is -1.11. The molecule has 6 heteroatoms. The van der Waals surface area contributed by atoms with E-state index in [0.717, 1.165) is 18.9 Å². The fraction of sp³-hybridized carbons (Fsp3) is 0.625. The first-order valence-electron chi connectivity index (χ1n) is 8.10. The summed E-state index contributed by atoms with van der Waals surface area (Å²) in [5, 5.41) is 17.8. The molecule has 0 bridgehead atoms. The minimum Gasteiger partial charge on any atom is -0.423 e. The summed E-state index contributed by atoms with van der Waals surface area (Å²) in [7, 11) is -1.69. The number of hydrogen-bond acceptors (Lipinski definition) is 4. The smallest absolute Gasteiger partial charge is 0.423 e. The van der Waals surface area contributed by atoms with Crippen molar-refractivity contribution in [2.75, 3.05) is 6.61 Å². The number of rotatable bonds is 12. The van der Waals surface area contributed by atoms with Crippen molar-refractivity contribution in [3.63, 3.8) is 0 Å². The van der Waals surface area contributed by atoms with E-state index < -0.39 is 12.9 Å². The lowest BCUT2D eigenvalue weighted by atomic mass is 9.80. The van der Waals surface area contributed by atoms with E-state index in [2.05, 4.69) is 6.92 Å². The molecule has 1 rings (SSSR count). The van der Waals surface area contributed by atoms with Gasteiger partial charge in [0.1, 0.15) is 0 Å². The maximum Gasteiger partial charge on any atom is 0.488 e. The van der Waals surface area contributed by atoms with Gasteiger partial charge in [0.25, 0.3) is 0 Å². The van der Waals surface area contributed by atoms with Gasteiger partial charge in [0.2, 0.25) is 5.75 Å². The maximum atomic E-state index is 13.6. The molecule has 0 saturated carbocycles. The summed E-state index contributed by atoms with van der Waals surface area (Å²) in [5.41, 5.74) is 0.0768. The summed E-state index contributed by atoms with van der Waals surface area (Å²) in [6.45, 7) is 2.62. The third-order valence-electron chi connectivity index (χ3n) is 3.48. The van der Waals surface area contributed by atoms with Crippen molar-refractivity contribution in [1.29, 1.82) is 0 Å². The van der Waals surface area contributed by atoms with Crippen LogP contribution in [-0.4, -0.2) is 23.8 Å². The van der Waals surface area contributed by atoms with Crippen molar-refractivity contribution in [2.24, 2.45) is 0 Å². The van der Waals surface area contributed by atoms with Gasteiger partial charge in [0, 0.05) is 0 Å². The summed E-state index contributed by atoms with van der Waals surface area (Å²) < 4.78 is 13.6. The third kappa shape index (κ3) is 7.78. The first-order chi connectivity index (χ1) is 10.6. The molecule has 0 saturated heterocycles. The van der Waals surface area contributed by atoms with Gasteiger partial charge in [-0.25, -0.2) is 4.39 Å². The molecule has 0 unspecified atom stereocenters. The summed E-state index contributed by atoms with van der Waals surface area (Å²) in [6.07, 6.45) is 9.57. The molecule has 0 aliphatic carbocycles.